The van der Waals surface area contributed by atoms with Crippen LogP contribution in [0.25, 0.3) is 0 Å². The summed E-state index contributed by atoms with van der Waals surface area (Å²) in [6.45, 7) is 1.45. The molecule has 1 N–H and O–H groups in total. The van der Waals surface area contributed by atoms with E-state index in [1.807, 2.05) is 0 Å². The number of oxime groups is 1. The van der Waals surface area contributed by atoms with Crippen LogP contribution in [0.3, 0.4) is 0 Å². The standard InChI is InChI=1S/C16H11Cl2F3N4O3S/c1-7(28-10-4-3-8(17)5-9(10)18)12(25-27-2)14(26)24-15-23-13(16(19,20)21)11(6-22)29-15/h3-5,7H,1-2H3,(H,23,24,26). The Balaban J connectivity index is 2.23. The molecule has 1 atom stereocenters. The molecule has 0 aliphatic rings. The van der Waals surface area contributed by atoms with Crippen LogP contribution in [0, 0.1) is 11.3 Å². The number of alkyl halides is 3. The Bertz CT molecular complexity index is 989. The van der Waals surface area contributed by atoms with Gasteiger partial charge in [0.15, 0.2) is 16.5 Å². The maximum Gasteiger partial charge on any atom is 0.435 e. The number of nitrogens with zero attached hydrogens (tertiary/aromatic N) is 3. The van der Waals surface area contributed by atoms with Crippen LogP contribution in [0.4, 0.5) is 18.3 Å². The number of thiazole rings is 1. The predicted octanol–water partition coefficient (Wildman–Crippen LogP) is 4.75. The molecule has 1 aromatic heterocycles. The first-order chi connectivity index (χ1) is 13.6. The van der Waals surface area contributed by atoms with Crippen LogP contribution in [-0.4, -0.2) is 29.8 Å². The Hall–Kier alpha value is -2.55. The van der Waals surface area contributed by atoms with Gasteiger partial charge in [0.25, 0.3) is 5.91 Å². The number of anilines is 1. The van der Waals surface area contributed by atoms with Gasteiger partial charge in [-0.05, 0) is 25.1 Å². The van der Waals surface area contributed by atoms with Crippen LogP contribution in [0.1, 0.15) is 17.5 Å². The van der Waals surface area contributed by atoms with Gasteiger partial charge in [-0.2, -0.15) is 18.4 Å². The quantitative estimate of drug-likeness (QED) is 0.489. The summed E-state index contributed by atoms with van der Waals surface area (Å²) in [7, 11) is 1.17. The zero-order valence-corrected chi connectivity index (χ0v) is 17.0. The summed E-state index contributed by atoms with van der Waals surface area (Å²) < 4.78 is 44.3. The second kappa shape index (κ2) is 9.30. The van der Waals surface area contributed by atoms with Crippen molar-refractivity contribution in [2.24, 2.45) is 5.16 Å². The van der Waals surface area contributed by atoms with Crippen molar-refractivity contribution in [2.75, 3.05) is 12.4 Å². The summed E-state index contributed by atoms with van der Waals surface area (Å²) in [6, 6.07) is 5.81. The van der Waals surface area contributed by atoms with Crippen LogP contribution in [0.2, 0.25) is 10.0 Å². The van der Waals surface area contributed by atoms with Gasteiger partial charge in [0.1, 0.15) is 29.9 Å². The number of carbonyl (C=O) groups excluding carboxylic acids is 1. The number of halogens is 5. The van der Waals surface area contributed by atoms with E-state index in [1.54, 1.807) is 0 Å². The molecule has 0 saturated carbocycles. The van der Waals surface area contributed by atoms with Crippen molar-refractivity contribution in [2.45, 2.75) is 19.2 Å². The monoisotopic (exact) mass is 466 g/mol. The number of carbonyl (C=O) groups is 1. The highest BCUT2D eigenvalue weighted by Crippen LogP contribution is 2.35. The lowest BCUT2D eigenvalue weighted by atomic mass is 10.2. The van der Waals surface area contributed by atoms with Crippen LogP contribution in [0.5, 0.6) is 5.75 Å². The summed E-state index contributed by atoms with van der Waals surface area (Å²) >= 11 is 12.2. The highest BCUT2D eigenvalue weighted by atomic mass is 35.5. The molecule has 154 valence electrons. The van der Waals surface area contributed by atoms with E-state index in [-0.39, 0.29) is 16.5 Å². The Morgan fingerprint density at radius 1 is 1.41 bits per heavy atom. The SMILES string of the molecule is CON=C(C(=O)Nc1nc(C(F)(F)F)c(C#N)s1)C(C)Oc1ccc(Cl)cc1Cl. The Morgan fingerprint density at radius 2 is 2.10 bits per heavy atom. The first-order valence-electron chi connectivity index (χ1n) is 7.59. The Labute approximate surface area is 176 Å². The van der Waals surface area contributed by atoms with E-state index in [4.69, 9.17) is 33.2 Å². The van der Waals surface area contributed by atoms with Gasteiger partial charge >= 0.3 is 6.18 Å². The van der Waals surface area contributed by atoms with Gasteiger partial charge in [-0.25, -0.2) is 4.98 Å². The summed E-state index contributed by atoms with van der Waals surface area (Å²) in [5.41, 5.74) is -1.69. The van der Waals surface area contributed by atoms with Crippen molar-refractivity contribution < 1.29 is 27.5 Å². The normalized spacial score (nSPS) is 12.8. The summed E-state index contributed by atoms with van der Waals surface area (Å²) in [6.07, 6.45) is -5.85. The second-order valence-electron chi connectivity index (χ2n) is 5.25. The topological polar surface area (TPSA) is 96.6 Å². The highest BCUT2D eigenvalue weighted by molar-refractivity contribution is 7.16. The highest BCUT2D eigenvalue weighted by Gasteiger charge is 2.38. The Kier molecular flexibility index (Phi) is 7.29. The lowest BCUT2D eigenvalue weighted by Crippen LogP contribution is -2.35. The van der Waals surface area contributed by atoms with Gasteiger partial charge in [0.05, 0.1) is 5.02 Å². The van der Waals surface area contributed by atoms with Crippen molar-refractivity contribution >= 4 is 51.3 Å². The third kappa shape index (κ3) is 5.72. The number of hydrogen-bond donors (Lipinski definition) is 1. The summed E-state index contributed by atoms with van der Waals surface area (Å²) in [5.74, 6) is -0.739. The third-order valence-electron chi connectivity index (χ3n) is 3.22. The fraction of sp³-hybridized carbons (Fsp3) is 0.250. The largest absolute Gasteiger partial charge is 0.482 e. The molecule has 29 heavy (non-hydrogen) atoms. The molecule has 0 saturated heterocycles. The summed E-state index contributed by atoms with van der Waals surface area (Å²) in [5, 5.41) is 14.7. The number of nitriles is 1. The van der Waals surface area contributed by atoms with Gasteiger partial charge in [-0.1, -0.05) is 39.7 Å². The molecular weight excluding hydrogens is 456 g/mol. The van der Waals surface area contributed by atoms with E-state index in [9.17, 15) is 18.0 Å². The fourth-order valence-electron chi connectivity index (χ4n) is 2.02. The van der Waals surface area contributed by atoms with E-state index < -0.39 is 33.9 Å². The molecule has 2 aromatic rings. The number of aromatic nitrogens is 1. The fourth-order valence-corrected chi connectivity index (χ4v) is 3.25. The second-order valence-corrected chi connectivity index (χ2v) is 7.10. The number of rotatable bonds is 6. The van der Waals surface area contributed by atoms with Crippen LogP contribution < -0.4 is 10.1 Å². The van der Waals surface area contributed by atoms with Crippen molar-refractivity contribution in [3.63, 3.8) is 0 Å². The smallest absolute Gasteiger partial charge is 0.435 e. The first-order valence-corrected chi connectivity index (χ1v) is 9.16. The summed E-state index contributed by atoms with van der Waals surface area (Å²) in [4.78, 5) is 19.7. The minimum Gasteiger partial charge on any atom is -0.482 e. The Morgan fingerprint density at radius 3 is 2.62 bits per heavy atom. The van der Waals surface area contributed by atoms with Crippen LogP contribution >= 0.6 is 34.5 Å². The minimum atomic E-state index is -4.84. The number of ether oxygens (including phenoxy) is 1. The number of hydrogen-bond acceptors (Lipinski definition) is 7. The minimum absolute atomic E-state index is 0.176. The van der Waals surface area contributed by atoms with Crippen LogP contribution in [-0.2, 0) is 15.8 Å². The van der Waals surface area contributed by atoms with Crippen molar-refractivity contribution in [1.29, 1.82) is 5.26 Å². The maximum absolute atomic E-state index is 12.9. The van der Waals surface area contributed by atoms with Crippen LogP contribution in [0.15, 0.2) is 23.4 Å². The molecule has 1 unspecified atom stereocenters. The molecule has 1 heterocycles. The predicted molar refractivity (Wildman–Crippen MR) is 101 cm³/mol. The molecule has 1 aromatic carbocycles. The van der Waals surface area contributed by atoms with E-state index in [0.717, 1.165) is 0 Å². The lowest BCUT2D eigenvalue weighted by molar-refractivity contribution is -0.140. The van der Waals surface area contributed by atoms with E-state index in [1.165, 1.54) is 38.3 Å². The van der Waals surface area contributed by atoms with E-state index in [2.05, 4.69) is 20.3 Å². The molecule has 0 bridgehead atoms. The van der Waals surface area contributed by atoms with Crippen molar-refractivity contribution in [3.8, 4) is 11.8 Å². The number of benzene rings is 1. The zero-order valence-electron chi connectivity index (χ0n) is 14.7. The van der Waals surface area contributed by atoms with Gasteiger partial charge < -0.3 is 9.57 Å². The van der Waals surface area contributed by atoms with Crippen molar-refractivity contribution in [1.82, 2.24) is 4.98 Å². The molecular formula is C16H11Cl2F3N4O3S. The van der Waals surface area contributed by atoms with Gasteiger partial charge in [-0.3, -0.25) is 10.1 Å². The third-order valence-corrected chi connectivity index (χ3v) is 4.63. The van der Waals surface area contributed by atoms with Crippen molar-refractivity contribution in [3.05, 3.63) is 38.8 Å². The van der Waals surface area contributed by atoms with Gasteiger partial charge in [0.2, 0.25) is 0 Å². The molecule has 0 fully saturated rings. The lowest BCUT2D eigenvalue weighted by Gasteiger charge is -2.16. The number of amides is 1. The maximum atomic E-state index is 12.9. The van der Waals surface area contributed by atoms with Gasteiger partial charge in [-0.15, -0.1) is 0 Å². The molecule has 0 radical (unpaired) electrons. The number of nitrogens with one attached hydrogen (secondary N) is 1. The molecule has 7 nitrogen and oxygen atoms in total. The average molecular weight is 467 g/mol. The molecule has 0 spiro atoms. The zero-order chi connectivity index (χ0) is 21.8. The molecule has 1 amide bonds. The van der Waals surface area contributed by atoms with Gasteiger partial charge in [0, 0.05) is 5.02 Å². The molecule has 0 aliphatic carbocycles. The first kappa shape index (κ1) is 22.7. The molecule has 2 rings (SSSR count). The van der Waals surface area contributed by atoms with E-state index in [0.29, 0.717) is 16.4 Å². The average Bonchev–Trinajstić information content (AvgIpc) is 3.05. The molecule has 13 heteroatoms. The molecule has 0 aliphatic heterocycles. The van der Waals surface area contributed by atoms with E-state index >= 15 is 0 Å².